The summed E-state index contributed by atoms with van der Waals surface area (Å²) in [4.78, 5) is 35.5. The first kappa shape index (κ1) is 40.4. The molecule has 0 unspecified atom stereocenters. The molecule has 0 N–H and O–H groups in total. The van der Waals surface area contributed by atoms with E-state index in [0.29, 0.717) is 89.2 Å². The highest BCUT2D eigenvalue weighted by Gasteiger charge is 2.40. The molecule has 0 radical (unpaired) electrons. The van der Waals surface area contributed by atoms with Crippen LogP contribution in [0.1, 0.15) is 5.56 Å². The Hall–Kier alpha value is -9.11. The minimum atomic E-state index is -5.06. The van der Waals surface area contributed by atoms with E-state index in [1.807, 2.05) is 24.3 Å². The predicted molar refractivity (Wildman–Crippen MR) is 250 cm³/mol. The van der Waals surface area contributed by atoms with Crippen molar-refractivity contribution in [1.82, 2.24) is 49.0 Å². The Kier molecular flexibility index (Phi) is 9.39. The summed E-state index contributed by atoms with van der Waals surface area (Å²) < 4.78 is 85.3. The van der Waals surface area contributed by atoms with Crippen LogP contribution in [0.4, 0.5) is 22.0 Å². The number of hydrogen-bond acceptors (Lipinski definition) is 8. The van der Waals surface area contributed by atoms with Gasteiger partial charge < -0.3 is 9.13 Å². The van der Waals surface area contributed by atoms with Crippen LogP contribution in [0.2, 0.25) is 0 Å². The number of aromatic nitrogens is 10. The summed E-state index contributed by atoms with van der Waals surface area (Å²) in [7, 11) is 0. The summed E-state index contributed by atoms with van der Waals surface area (Å²) in [6, 6.07) is 33.6. The fourth-order valence-corrected chi connectivity index (χ4v) is 9.09. The second-order valence-corrected chi connectivity index (χ2v) is 15.9. The van der Waals surface area contributed by atoms with Crippen LogP contribution < -0.4 is 0 Å². The van der Waals surface area contributed by atoms with Crippen molar-refractivity contribution in [3.63, 3.8) is 0 Å². The first-order valence-corrected chi connectivity index (χ1v) is 21.2. The average molecular weight is 901 g/mol. The van der Waals surface area contributed by atoms with Crippen LogP contribution >= 0.6 is 0 Å². The topological polar surface area (TPSA) is 113 Å². The maximum absolute atomic E-state index is 16.7. The third kappa shape index (κ3) is 6.70. The standard InChI is InChI=1S/C53H29F5N10/c54-39-6-1-7-40(55)47(39)34-28-45(67-41-12-8-30(49-59-16-2-17-60-49)24-35(41)36-25-31(9-13-42(36)67)50-61-18-3-19-62-50)48(53(56,57)58)46(29-34)68-43-14-10-32(51-63-20-4-21-64-51)26-37(43)38-27-33(11-15-44(38)68)52-65-22-5-23-66-52/h1-29H. The Morgan fingerprint density at radius 1 is 0.338 bits per heavy atom. The highest BCUT2D eigenvalue weighted by molar-refractivity contribution is 6.13. The lowest BCUT2D eigenvalue weighted by Crippen LogP contribution is -2.16. The lowest BCUT2D eigenvalue weighted by Gasteiger charge is -2.23. The zero-order valence-electron chi connectivity index (χ0n) is 35.1. The van der Waals surface area contributed by atoms with E-state index in [4.69, 9.17) is 0 Å². The summed E-state index contributed by atoms with van der Waals surface area (Å²) in [6.45, 7) is 0. The smallest absolute Gasteiger partial charge is 0.309 e. The molecule has 6 heterocycles. The normalized spacial score (nSPS) is 11.9. The molecule has 0 amide bonds. The Balaban J connectivity index is 1.22. The van der Waals surface area contributed by atoms with Crippen molar-refractivity contribution >= 4 is 43.6 Å². The number of fused-ring (bicyclic) bond motifs is 6. The lowest BCUT2D eigenvalue weighted by molar-refractivity contribution is -0.137. The van der Waals surface area contributed by atoms with E-state index < -0.39 is 28.9 Å². The van der Waals surface area contributed by atoms with E-state index in [-0.39, 0.29) is 16.9 Å². The molecule has 0 aliphatic rings. The molecular weight excluding hydrogens is 872 g/mol. The van der Waals surface area contributed by atoms with Gasteiger partial charge in [0.15, 0.2) is 23.3 Å². The largest absolute Gasteiger partial charge is 0.420 e. The summed E-state index contributed by atoms with van der Waals surface area (Å²) in [5.74, 6) is -0.281. The monoisotopic (exact) mass is 900 g/mol. The van der Waals surface area contributed by atoms with Crippen molar-refractivity contribution in [2.45, 2.75) is 6.18 Å². The molecule has 6 aromatic carbocycles. The Labute approximate surface area is 381 Å². The predicted octanol–water partition coefficient (Wildman–Crippen LogP) is 12.7. The van der Waals surface area contributed by atoms with Gasteiger partial charge in [-0.3, -0.25) is 0 Å². The molecule has 0 aliphatic heterocycles. The van der Waals surface area contributed by atoms with Crippen LogP contribution in [0.3, 0.4) is 0 Å². The van der Waals surface area contributed by atoms with Crippen molar-refractivity contribution in [1.29, 1.82) is 0 Å². The van der Waals surface area contributed by atoms with Gasteiger partial charge in [-0.1, -0.05) is 6.07 Å². The van der Waals surface area contributed by atoms with E-state index in [1.54, 1.807) is 122 Å². The quantitative estimate of drug-likeness (QED) is 0.145. The van der Waals surface area contributed by atoms with Gasteiger partial charge in [0, 0.05) is 93.4 Å². The van der Waals surface area contributed by atoms with Crippen LogP contribution in [0.15, 0.2) is 177 Å². The number of nitrogens with zero attached hydrogens (tertiary/aromatic N) is 10. The summed E-state index contributed by atoms with van der Waals surface area (Å²) >= 11 is 0. The van der Waals surface area contributed by atoms with Gasteiger partial charge >= 0.3 is 6.18 Å². The molecule has 326 valence electrons. The fourth-order valence-electron chi connectivity index (χ4n) is 9.09. The van der Waals surface area contributed by atoms with Gasteiger partial charge in [0.2, 0.25) is 0 Å². The van der Waals surface area contributed by atoms with Crippen LogP contribution in [-0.4, -0.2) is 49.0 Å². The second kappa shape index (κ2) is 15.8. The van der Waals surface area contributed by atoms with Crippen molar-refractivity contribution in [2.75, 3.05) is 0 Å². The first-order valence-electron chi connectivity index (χ1n) is 21.2. The summed E-state index contributed by atoms with van der Waals surface area (Å²) in [6.07, 6.45) is 7.77. The maximum atomic E-state index is 16.7. The highest BCUT2D eigenvalue weighted by atomic mass is 19.4. The van der Waals surface area contributed by atoms with Crippen LogP contribution in [0.5, 0.6) is 0 Å². The van der Waals surface area contributed by atoms with E-state index in [2.05, 4.69) is 39.9 Å². The molecule has 0 saturated carbocycles. The molecule has 0 spiro atoms. The lowest BCUT2D eigenvalue weighted by atomic mass is 9.98. The number of hydrogen-bond donors (Lipinski definition) is 0. The third-order valence-corrected chi connectivity index (χ3v) is 11.9. The Morgan fingerprint density at radius 2 is 0.632 bits per heavy atom. The Bertz CT molecular complexity index is 3480. The van der Waals surface area contributed by atoms with Crippen LogP contribution in [0.25, 0.3) is 112 Å². The van der Waals surface area contributed by atoms with E-state index in [9.17, 15) is 0 Å². The molecule has 6 aromatic heterocycles. The van der Waals surface area contributed by atoms with Gasteiger partial charge in [-0.15, -0.1) is 0 Å². The molecule has 0 atom stereocenters. The van der Waals surface area contributed by atoms with Gasteiger partial charge in [0.1, 0.15) is 17.2 Å². The van der Waals surface area contributed by atoms with Gasteiger partial charge in [-0.05, 0) is 127 Å². The fraction of sp³-hybridized carbons (Fsp3) is 0.0189. The number of halogens is 5. The summed E-state index contributed by atoms with van der Waals surface area (Å²) in [5, 5.41) is 2.23. The zero-order valence-corrected chi connectivity index (χ0v) is 35.1. The van der Waals surface area contributed by atoms with Gasteiger partial charge in [0.25, 0.3) is 0 Å². The molecule has 15 heteroatoms. The number of benzene rings is 6. The minimum absolute atomic E-state index is 0.129. The van der Waals surface area contributed by atoms with Crippen molar-refractivity contribution in [3.8, 4) is 68.1 Å². The number of rotatable bonds is 7. The zero-order chi connectivity index (χ0) is 46.1. The van der Waals surface area contributed by atoms with Crippen molar-refractivity contribution in [2.24, 2.45) is 0 Å². The maximum Gasteiger partial charge on any atom is 0.420 e. The van der Waals surface area contributed by atoms with E-state index in [0.717, 1.165) is 12.1 Å². The molecule has 68 heavy (non-hydrogen) atoms. The molecule has 0 aliphatic carbocycles. The molecule has 12 rings (SSSR count). The average Bonchev–Trinajstić information content (AvgIpc) is 3.88. The van der Waals surface area contributed by atoms with Gasteiger partial charge in [0.05, 0.1) is 39.0 Å². The molecule has 0 fully saturated rings. The van der Waals surface area contributed by atoms with Crippen molar-refractivity contribution in [3.05, 3.63) is 194 Å². The molecule has 10 nitrogen and oxygen atoms in total. The summed E-state index contributed by atoms with van der Waals surface area (Å²) in [5.41, 5.74) is 1.50. The second-order valence-electron chi connectivity index (χ2n) is 15.9. The SMILES string of the molecule is Fc1cccc(F)c1-c1cc(-n2c3ccc(-c4ncccn4)cc3c3cc(-c4ncccn4)ccc32)c(C(F)(F)F)c(-n2c3ccc(-c4ncccn4)cc3c3cc(-c4ncccn4)ccc32)c1. The molecule has 12 aromatic rings. The molecule has 0 bridgehead atoms. The first-order chi connectivity index (χ1) is 33.2. The van der Waals surface area contributed by atoms with E-state index in [1.165, 1.54) is 27.3 Å². The highest BCUT2D eigenvalue weighted by Crippen LogP contribution is 2.48. The van der Waals surface area contributed by atoms with Crippen LogP contribution in [-0.2, 0) is 6.18 Å². The molecule has 0 saturated heterocycles. The van der Waals surface area contributed by atoms with E-state index >= 15 is 22.0 Å². The Morgan fingerprint density at radius 3 is 0.912 bits per heavy atom. The molecular formula is C53H29F5N10. The van der Waals surface area contributed by atoms with Crippen LogP contribution in [0, 0.1) is 11.6 Å². The van der Waals surface area contributed by atoms with Gasteiger partial charge in [-0.2, -0.15) is 13.2 Å². The minimum Gasteiger partial charge on any atom is -0.309 e. The van der Waals surface area contributed by atoms with Crippen molar-refractivity contribution < 1.29 is 22.0 Å². The van der Waals surface area contributed by atoms with Gasteiger partial charge in [-0.25, -0.2) is 48.7 Å². The third-order valence-electron chi connectivity index (χ3n) is 11.9. The number of alkyl halides is 3.